The van der Waals surface area contributed by atoms with Crippen molar-refractivity contribution >= 4 is 29.1 Å². The minimum absolute atomic E-state index is 0. The number of nitrogens with one attached hydrogen (secondary N) is 1. The van der Waals surface area contributed by atoms with Gasteiger partial charge in [-0.25, -0.2) is 0 Å². The highest BCUT2D eigenvalue weighted by atomic mass is 35.5. The minimum Gasteiger partial charge on any atom is -0.480 e. The highest BCUT2D eigenvalue weighted by Gasteiger charge is 2.24. The molecule has 2 aromatic carbocycles. The molecule has 0 fully saturated rings. The lowest BCUT2D eigenvalue weighted by atomic mass is 9.91. The standard InChI is InChI=1S/C14H13NO2.ClH/c16-14(17)13-7-10-6-5-9-3-1-2-4-11(9)12(10)8-15-13;/h1-6,13,15H,7-8H2,(H,16,17);1H/t13-;/m1./s1. The van der Waals surface area contributed by atoms with Gasteiger partial charge >= 0.3 is 5.97 Å². The number of benzene rings is 2. The number of hydrogen-bond donors (Lipinski definition) is 2. The zero-order valence-electron chi connectivity index (χ0n) is 9.72. The molecule has 0 aromatic heterocycles. The summed E-state index contributed by atoms with van der Waals surface area (Å²) in [5, 5.41) is 14.5. The van der Waals surface area contributed by atoms with Gasteiger partial charge in [-0.15, -0.1) is 12.4 Å². The van der Waals surface area contributed by atoms with Gasteiger partial charge in [0.2, 0.25) is 0 Å². The summed E-state index contributed by atoms with van der Waals surface area (Å²) in [5.41, 5.74) is 2.38. The van der Waals surface area contributed by atoms with Crippen molar-refractivity contribution in [2.45, 2.75) is 19.0 Å². The molecule has 3 nitrogen and oxygen atoms in total. The van der Waals surface area contributed by atoms with E-state index in [1.807, 2.05) is 12.1 Å². The Kier molecular flexibility index (Phi) is 3.55. The van der Waals surface area contributed by atoms with E-state index >= 15 is 0 Å². The van der Waals surface area contributed by atoms with E-state index in [0.717, 1.165) is 5.56 Å². The lowest BCUT2D eigenvalue weighted by Crippen LogP contribution is -2.41. The van der Waals surface area contributed by atoms with E-state index in [9.17, 15) is 4.79 Å². The van der Waals surface area contributed by atoms with E-state index in [0.29, 0.717) is 13.0 Å². The summed E-state index contributed by atoms with van der Waals surface area (Å²) >= 11 is 0. The highest BCUT2D eigenvalue weighted by molar-refractivity contribution is 5.87. The van der Waals surface area contributed by atoms with Gasteiger partial charge in [-0.05, 0) is 28.3 Å². The van der Waals surface area contributed by atoms with Crippen molar-refractivity contribution in [1.29, 1.82) is 0 Å². The Labute approximate surface area is 111 Å². The molecule has 2 aromatic rings. The average Bonchev–Trinajstić information content (AvgIpc) is 2.38. The average molecular weight is 264 g/mol. The zero-order chi connectivity index (χ0) is 11.8. The highest BCUT2D eigenvalue weighted by Crippen LogP contribution is 2.26. The number of aliphatic carboxylic acids is 1. The maximum Gasteiger partial charge on any atom is 0.321 e. The Morgan fingerprint density at radius 2 is 2.00 bits per heavy atom. The molecule has 0 aliphatic carbocycles. The predicted molar refractivity (Wildman–Crippen MR) is 73.2 cm³/mol. The van der Waals surface area contributed by atoms with Gasteiger partial charge in [0.05, 0.1) is 0 Å². The molecule has 1 aliphatic heterocycles. The predicted octanol–water partition coefficient (Wildman–Crippen LogP) is 2.36. The van der Waals surface area contributed by atoms with Gasteiger partial charge in [-0.1, -0.05) is 36.4 Å². The smallest absolute Gasteiger partial charge is 0.321 e. The van der Waals surface area contributed by atoms with E-state index < -0.39 is 12.0 Å². The first-order valence-corrected chi connectivity index (χ1v) is 5.71. The molecule has 1 atom stereocenters. The largest absolute Gasteiger partial charge is 0.480 e. The number of rotatable bonds is 1. The number of carboxylic acid groups (broad SMARTS) is 1. The summed E-state index contributed by atoms with van der Waals surface area (Å²) in [4.78, 5) is 11.0. The summed E-state index contributed by atoms with van der Waals surface area (Å²) in [7, 11) is 0. The molecule has 0 spiro atoms. The summed E-state index contributed by atoms with van der Waals surface area (Å²) in [6.45, 7) is 0.633. The van der Waals surface area contributed by atoms with Crippen molar-refractivity contribution in [3.8, 4) is 0 Å². The van der Waals surface area contributed by atoms with E-state index in [1.54, 1.807) is 0 Å². The van der Waals surface area contributed by atoms with Crippen LogP contribution in [0.1, 0.15) is 11.1 Å². The van der Waals surface area contributed by atoms with Crippen molar-refractivity contribution in [3.63, 3.8) is 0 Å². The molecular formula is C14H14ClNO2. The first-order chi connectivity index (χ1) is 8.25. The molecule has 0 bridgehead atoms. The molecule has 18 heavy (non-hydrogen) atoms. The second kappa shape index (κ2) is 4.96. The van der Waals surface area contributed by atoms with Crippen LogP contribution < -0.4 is 5.32 Å². The van der Waals surface area contributed by atoms with Crippen LogP contribution in [-0.4, -0.2) is 17.1 Å². The monoisotopic (exact) mass is 263 g/mol. The van der Waals surface area contributed by atoms with Crippen molar-refractivity contribution < 1.29 is 9.90 Å². The summed E-state index contributed by atoms with van der Waals surface area (Å²) in [5.74, 6) is -0.774. The van der Waals surface area contributed by atoms with Crippen molar-refractivity contribution in [2.75, 3.05) is 0 Å². The number of carbonyl (C=O) groups is 1. The normalized spacial score (nSPS) is 17.9. The molecule has 0 radical (unpaired) electrons. The molecule has 3 rings (SSSR count). The summed E-state index contributed by atoms with van der Waals surface area (Å²) in [6, 6.07) is 11.9. The third-order valence-electron chi connectivity index (χ3n) is 3.38. The molecular weight excluding hydrogens is 250 g/mol. The van der Waals surface area contributed by atoms with Crippen LogP contribution >= 0.6 is 12.4 Å². The SMILES string of the molecule is Cl.O=C(O)[C@H]1Cc2ccc3ccccc3c2CN1. The molecule has 0 saturated carbocycles. The Hall–Kier alpha value is -1.58. The van der Waals surface area contributed by atoms with E-state index in [-0.39, 0.29) is 12.4 Å². The van der Waals surface area contributed by atoms with Crippen LogP contribution in [0.5, 0.6) is 0 Å². The lowest BCUT2D eigenvalue weighted by Gasteiger charge is -2.24. The molecule has 1 heterocycles. The van der Waals surface area contributed by atoms with Gasteiger partial charge in [-0.2, -0.15) is 0 Å². The van der Waals surface area contributed by atoms with E-state index in [2.05, 4.69) is 29.6 Å². The minimum atomic E-state index is -0.774. The van der Waals surface area contributed by atoms with E-state index in [1.165, 1.54) is 16.3 Å². The Morgan fingerprint density at radius 3 is 2.78 bits per heavy atom. The Balaban J connectivity index is 0.00000120. The third kappa shape index (κ3) is 2.07. The molecule has 4 heteroatoms. The molecule has 1 aliphatic rings. The quantitative estimate of drug-likeness (QED) is 0.830. The number of fused-ring (bicyclic) bond motifs is 3. The van der Waals surface area contributed by atoms with Gasteiger partial charge in [0.15, 0.2) is 0 Å². The number of carboxylic acids is 1. The van der Waals surface area contributed by atoms with Crippen LogP contribution in [0.2, 0.25) is 0 Å². The lowest BCUT2D eigenvalue weighted by molar-refractivity contribution is -0.139. The number of hydrogen-bond acceptors (Lipinski definition) is 2. The Morgan fingerprint density at radius 1 is 1.22 bits per heavy atom. The summed E-state index contributed by atoms with van der Waals surface area (Å²) in [6.07, 6.45) is 0.565. The van der Waals surface area contributed by atoms with Crippen LogP contribution in [0.15, 0.2) is 36.4 Å². The molecule has 0 unspecified atom stereocenters. The fourth-order valence-corrected chi connectivity index (χ4v) is 2.47. The van der Waals surface area contributed by atoms with Gasteiger partial charge in [0, 0.05) is 6.54 Å². The second-order valence-electron chi connectivity index (χ2n) is 4.40. The van der Waals surface area contributed by atoms with E-state index in [4.69, 9.17) is 5.11 Å². The topological polar surface area (TPSA) is 49.3 Å². The van der Waals surface area contributed by atoms with Crippen LogP contribution in [0, 0.1) is 0 Å². The van der Waals surface area contributed by atoms with Gasteiger partial charge in [0.1, 0.15) is 6.04 Å². The third-order valence-corrected chi connectivity index (χ3v) is 3.38. The van der Waals surface area contributed by atoms with Gasteiger partial charge in [0.25, 0.3) is 0 Å². The molecule has 94 valence electrons. The zero-order valence-corrected chi connectivity index (χ0v) is 10.5. The van der Waals surface area contributed by atoms with Crippen LogP contribution in [0.25, 0.3) is 10.8 Å². The molecule has 2 N–H and O–H groups in total. The van der Waals surface area contributed by atoms with Gasteiger partial charge < -0.3 is 5.11 Å². The van der Waals surface area contributed by atoms with Crippen molar-refractivity contribution in [2.24, 2.45) is 0 Å². The Bertz CT molecular complexity index is 597. The molecule has 0 amide bonds. The fourth-order valence-electron chi connectivity index (χ4n) is 2.47. The maximum absolute atomic E-state index is 11.0. The van der Waals surface area contributed by atoms with Crippen LogP contribution in [0.3, 0.4) is 0 Å². The molecule has 0 saturated heterocycles. The summed E-state index contributed by atoms with van der Waals surface area (Å²) < 4.78 is 0. The van der Waals surface area contributed by atoms with Crippen molar-refractivity contribution in [1.82, 2.24) is 5.32 Å². The van der Waals surface area contributed by atoms with Crippen LogP contribution in [-0.2, 0) is 17.8 Å². The van der Waals surface area contributed by atoms with Crippen molar-refractivity contribution in [3.05, 3.63) is 47.5 Å². The first-order valence-electron chi connectivity index (χ1n) is 5.71. The first kappa shape index (κ1) is 12.9. The number of halogens is 1. The maximum atomic E-state index is 11.0. The second-order valence-corrected chi connectivity index (χ2v) is 4.40. The fraction of sp³-hybridized carbons (Fsp3) is 0.214. The van der Waals surface area contributed by atoms with Gasteiger partial charge in [-0.3, -0.25) is 10.1 Å². The van der Waals surface area contributed by atoms with Crippen LogP contribution in [0.4, 0.5) is 0 Å².